The summed E-state index contributed by atoms with van der Waals surface area (Å²) in [4.78, 5) is 22.4. The summed E-state index contributed by atoms with van der Waals surface area (Å²) < 4.78 is 5.66. The number of carbonyl (C=O) groups is 2. The summed E-state index contributed by atoms with van der Waals surface area (Å²) in [6, 6.07) is 7.80. The van der Waals surface area contributed by atoms with Gasteiger partial charge in [0.25, 0.3) is 5.91 Å². The normalized spacial score (nSPS) is 12.5. The first-order valence-corrected chi connectivity index (χ1v) is 8.47. The second-order valence-electron chi connectivity index (χ2n) is 7.03. The van der Waals surface area contributed by atoms with Gasteiger partial charge >= 0.3 is 5.97 Å². The molecule has 5 nitrogen and oxygen atoms in total. The quantitative estimate of drug-likeness (QED) is 0.677. The zero-order chi connectivity index (χ0) is 18.2. The smallest absolute Gasteiger partial charge is 0.303 e. The Morgan fingerprint density at radius 1 is 1.12 bits per heavy atom. The summed E-state index contributed by atoms with van der Waals surface area (Å²) in [5, 5.41) is 11.4. The summed E-state index contributed by atoms with van der Waals surface area (Å²) >= 11 is 0. The van der Waals surface area contributed by atoms with E-state index in [2.05, 4.69) is 26.1 Å². The lowest BCUT2D eigenvalue weighted by Gasteiger charge is -2.20. The molecule has 1 unspecified atom stereocenters. The summed E-state index contributed by atoms with van der Waals surface area (Å²) in [6.07, 6.45) is 1.81. The maximum absolute atomic E-state index is 12.0. The Labute approximate surface area is 144 Å². The van der Waals surface area contributed by atoms with Crippen LogP contribution in [0.1, 0.15) is 58.9 Å². The number of rotatable bonds is 9. The molecule has 1 atom stereocenters. The number of aliphatic carboxylic acids is 1. The van der Waals surface area contributed by atoms with Crippen LogP contribution in [-0.2, 0) is 15.0 Å². The molecule has 0 bridgehead atoms. The van der Waals surface area contributed by atoms with E-state index in [1.807, 2.05) is 24.3 Å². The Hall–Kier alpha value is -2.04. The van der Waals surface area contributed by atoms with Crippen LogP contribution in [0.2, 0.25) is 0 Å². The standard InChI is InChI=1S/C19H29NO4/c1-14(18(23)20-13-7-5-6-8-17(21)22)24-16-11-9-15(10-12-16)19(2,3)4/h9-12,14H,5-8,13H2,1-4H3,(H,20,23)(H,21,22). The molecule has 0 radical (unpaired) electrons. The maximum Gasteiger partial charge on any atom is 0.303 e. The van der Waals surface area contributed by atoms with Gasteiger partial charge in [0.1, 0.15) is 5.75 Å². The molecule has 1 aromatic carbocycles. The molecule has 5 heteroatoms. The van der Waals surface area contributed by atoms with Gasteiger partial charge in [-0.25, -0.2) is 0 Å². The fourth-order valence-corrected chi connectivity index (χ4v) is 2.22. The van der Waals surface area contributed by atoms with Gasteiger partial charge in [0.15, 0.2) is 6.10 Å². The predicted octanol–water partition coefficient (Wildman–Crippen LogP) is 3.51. The fraction of sp³-hybridized carbons (Fsp3) is 0.579. The molecular weight excluding hydrogens is 306 g/mol. The van der Waals surface area contributed by atoms with Gasteiger partial charge in [-0.2, -0.15) is 0 Å². The summed E-state index contributed by atoms with van der Waals surface area (Å²) in [6.45, 7) is 8.70. The van der Waals surface area contributed by atoms with Gasteiger partial charge in [-0.3, -0.25) is 9.59 Å². The molecule has 0 saturated heterocycles. The predicted molar refractivity (Wildman–Crippen MR) is 94.3 cm³/mol. The van der Waals surface area contributed by atoms with E-state index < -0.39 is 12.1 Å². The van der Waals surface area contributed by atoms with Gasteiger partial charge in [0.05, 0.1) is 0 Å². The van der Waals surface area contributed by atoms with Gasteiger partial charge in [-0.15, -0.1) is 0 Å². The second kappa shape index (κ2) is 9.30. The number of amides is 1. The van der Waals surface area contributed by atoms with Crippen LogP contribution in [0.5, 0.6) is 5.75 Å². The topological polar surface area (TPSA) is 75.6 Å². The van der Waals surface area contributed by atoms with Gasteiger partial charge in [0.2, 0.25) is 0 Å². The van der Waals surface area contributed by atoms with Crippen molar-refractivity contribution in [1.82, 2.24) is 5.32 Å². The van der Waals surface area contributed by atoms with Crippen LogP contribution in [0.4, 0.5) is 0 Å². The first kappa shape index (κ1) is 20.0. The van der Waals surface area contributed by atoms with Crippen molar-refractivity contribution in [1.29, 1.82) is 0 Å². The van der Waals surface area contributed by atoms with E-state index in [1.165, 1.54) is 5.56 Å². The number of unbranched alkanes of at least 4 members (excludes halogenated alkanes) is 2. The first-order chi connectivity index (χ1) is 11.2. The molecule has 0 aromatic heterocycles. The molecule has 0 heterocycles. The molecule has 0 aliphatic carbocycles. The third-order valence-electron chi connectivity index (χ3n) is 3.77. The van der Waals surface area contributed by atoms with Crippen LogP contribution in [0, 0.1) is 0 Å². The van der Waals surface area contributed by atoms with Crippen molar-refractivity contribution in [3.63, 3.8) is 0 Å². The lowest BCUT2D eigenvalue weighted by molar-refractivity contribution is -0.137. The molecule has 0 aliphatic rings. The average molecular weight is 335 g/mol. The number of carbonyl (C=O) groups excluding carboxylic acids is 1. The molecule has 0 spiro atoms. The van der Waals surface area contributed by atoms with Crippen LogP contribution < -0.4 is 10.1 Å². The Balaban J connectivity index is 2.32. The number of benzene rings is 1. The monoisotopic (exact) mass is 335 g/mol. The van der Waals surface area contributed by atoms with Crippen molar-refractivity contribution in [3.8, 4) is 5.75 Å². The largest absolute Gasteiger partial charge is 0.481 e. The lowest BCUT2D eigenvalue weighted by atomic mass is 9.87. The van der Waals surface area contributed by atoms with Crippen LogP contribution in [0.3, 0.4) is 0 Å². The van der Waals surface area contributed by atoms with Crippen LogP contribution in [-0.4, -0.2) is 29.6 Å². The molecule has 1 rings (SSSR count). The van der Waals surface area contributed by atoms with Crippen molar-refractivity contribution in [2.24, 2.45) is 0 Å². The summed E-state index contributed by atoms with van der Waals surface area (Å²) in [7, 11) is 0. The molecule has 134 valence electrons. The molecular formula is C19H29NO4. The van der Waals surface area contributed by atoms with Crippen molar-refractivity contribution in [2.75, 3.05) is 6.54 Å². The fourth-order valence-electron chi connectivity index (χ4n) is 2.22. The third-order valence-corrected chi connectivity index (χ3v) is 3.77. The minimum absolute atomic E-state index is 0.0855. The SMILES string of the molecule is CC(Oc1ccc(C(C)(C)C)cc1)C(=O)NCCCCCC(=O)O. The van der Waals surface area contributed by atoms with Gasteiger partial charge in [0, 0.05) is 13.0 Å². The molecule has 1 aromatic rings. The van der Waals surface area contributed by atoms with E-state index in [9.17, 15) is 9.59 Å². The van der Waals surface area contributed by atoms with Crippen molar-refractivity contribution >= 4 is 11.9 Å². The summed E-state index contributed by atoms with van der Waals surface area (Å²) in [5.74, 6) is -0.265. The number of hydrogen-bond donors (Lipinski definition) is 2. The molecule has 24 heavy (non-hydrogen) atoms. The van der Waals surface area contributed by atoms with E-state index in [4.69, 9.17) is 9.84 Å². The Kier molecular flexibility index (Phi) is 7.75. The Morgan fingerprint density at radius 2 is 1.75 bits per heavy atom. The first-order valence-electron chi connectivity index (χ1n) is 8.47. The summed E-state index contributed by atoms with van der Waals surface area (Å²) in [5.41, 5.74) is 1.30. The molecule has 0 aliphatic heterocycles. The molecule has 0 saturated carbocycles. The van der Waals surface area contributed by atoms with E-state index in [0.29, 0.717) is 18.7 Å². The van der Waals surface area contributed by atoms with E-state index in [0.717, 1.165) is 12.8 Å². The minimum Gasteiger partial charge on any atom is -0.481 e. The number of hydrogen-bond acceptors (Lipinski definition) is 3. The molecule has 2 N–H and O–H groups in total. The van der Waals surface area contributed by atoms with Crippen molar-refractivity contribution in [3.05, 3.63) is 29.8 Å². The highest BCUT2D eigenvalue weighted by molar-refractivity contribution is 5.80. The molecule has 0 fully saturated rings. The Morgan fingerprint density at radius 3 is 2.29 bits per heavy atom. The van der Waals surface area contributed by atoms with Crippen molar-refractivity contribution < 1.29 is 19.4 Å². The second-order valence-corrected chi connectivity index (χ2v) is 7.03. The highest BCUT2D eigenvalue weighted by atomic mass is 16.5. The molecule has 1 amide bonds. The number of carboxylic acid groups (broad SMARTS) is 1. The zero-order valence-corrected chi connectivity index (χ0v) is 15.1. The van der Waals surface area contributed by atoms with Gasteiger partial charge in [-0.05, 0) is 42.9 Å². The zero-order valence-electron chi connectivity index (χ0n) is 15.1. The third kappa shape index (κ3) is 7.49. The average Bonchev–Trinajstić information content (AvgIpc) is 2.49. The number of nitrogens with one attached hydrogen (secondary N) is 1. The lowest BCUT2D eigenvalue weighted by Crippen LogP contribution is -2.36. The van der Waals surface area contributed by atoms with E-state index in [-0.39, 0.29) is 17.7 Å². The van der Waals surface area contributed by atoms with Gasteiger partial charge < -0.3 is 15.2 Å². The van der Waals surface area contributed by atoms with Crippen molar-refractivity contribution in [2.45, 2.75) is 64.9 Å². The number of carboxylic acids is 1. The maximum atomic E-state index is 12.0. The van der Waals surface area contributed by atoms with Crippen LogP contribution in [0.25, 0.3) is 0 Å². The van der Waals surface area contributed by atoms with Crippen LogP contribution in [0.15, 0.2) is 24.3 Å². The minimum atomic E-state index is -0.779. The Bertz CT molecular complexity index is 531. The van der Waals surface area contributed by atoms with Crippen LogP contribution >= 0.6 is 0 Å². The number of ether oxygens (including phenoxy) is 1. The van der Waals surface area contributed by atoms with Gasteiger partial charge in [-0.1, -0.05) is 39.3 Å². The highest BCUT2D eigenvalue weighted by Gasteiger charge is 2.16. The van der Waals surface area contributed by atoms with E-state index in [1.54, 1.807) is 6.92 Å². The highest BCUT2D eigenvalue weighted by Crippen LogP contribution is 2.24. The van der Waals surface area contributed by atoms with E-state index >= 15 is 0 Å².